The molecule has 2 nitrogen and oxygen atoms in total. The van der Waals surface area contributed by atoms with Gasteiger partial charge in [-0.25, -0.2) is 22.4 Å². The first-order chi connectivity index (χ1) is 12.4. The van der Waals surface area contributed by atoms with E-state index in [9.17, 15) is 22.4 Å². The number of fused-ring (bicyclic) bond motifs is 1. The Hall–Kier alpha value is -2.63. The van der Waals surface area contributed by atoms with Crippen LogP contribution >= 0.6 is 0 Å². The van der Waals surface area contributed by atoms with E-state index in [1.54, 1.807) is 0 Å². The van der Waals surface area contributed by atoms with Crippen molar-refractivity contribution in [1.82, 2.24) is 0 Å². The lowest BCUT2D eigenvalue weighted by Crippen LogP contribution is -2.13. The van der Waals surface area contributed by atoms with Crippen LogP contribution < -0.4 is 4.74 Å². The molecule has 1 aliphatic rings. The molecule has 0 saturated heterocycles. The van der Waals surface area contributed by atoms with Crippen LogP contribution in [0.1, 0.15) is 47.7 Å². The highest BCUT2D eigenvalue weighted by Gasteiger charge is 2.21. The van der Waals surface area contributed by atoms with Gasteiger partial charge in [-0.2, -0.15) is 0 Å². The molecule has 0 fully saturated rings. The molecule has 0 spiro atoms. The maximum Gasteiger partial charge on any atom is 0.346 e. The first-order valence-corrected chi connectivity index (χ1v) is 8.27. The zero-order valence-corrected chi connectivity index (χ0v) is 14.0. The van der Waals surface area contributed by atoms with E-state index >= 15 is 0 Å². The molecule has 0 amide bonds. The fraction of sp³-hybridized carbons (Fsp3) is 0.250. The van der Waals surface area contributed by atoms with E-state index in [0.29, 0.717) is 24.1 Å². The maximum absolute atomic E-state index is 14.3. The van der Waals surface area contributed by atoms with E-state index < -0.39 is 35.0 Å². The second kappa shape index (κ2) is 7.32. The number of esters is 1. The monoisotopic (exact) mass is 364 g/mol. The summed E-state index contributed by atoms with van der Waals surface area (Å²) in [4.78, 5) is 12.2. The highest BCUT2D eigenvalue weighted by Crippen LogP contribution is 2.29. The molecular weight excluding hydrogens is 348 g/mol. The third-order valence-electron chi connectivity index (χ3n) is 4.26. The van der Waals surface area contributed by atoms with E-state index in [4.69, 9.17) is 4.74 Å². The minimum Gasteiger partial charge on any atom is -0.423 e. The highest BCUT2D eigenvalue weighted by atomic mass is 19.2. The van der Waals surface area contributed by atoms with Crippen molar-refractivity contribution in [3.63, 3.8) is 0 Å². The highest BCUT2D eigenvalue weighted by molar-refractivity contribution is 5.92. The van der Waals surface area contributed by atoms with E-state index in [1.807, 2.05) is 6.08 Å². The lowest BCUT2D eigenvalue weighted by atomic mass is 9.89. The van der Waals surface area contributed by atoms with Crippen LogP contribution in [0, 0.1) is 23.3 Å². The van der Waals surface area contributed by atoms with Gasteiger partial charge in [0.25, 0.3) is 0 Å². The van der Waals surface area contributed by atoms with E-state index in [0.717, 1.165) is 24.8 Å². The SMILES string of the molecule is CCCC1=Cc2cc(F)c(C(=O)Oc3cc(F)c(F)c(F)c3)cc2CC1. The molecule has 0 heterocycles. The number of carbonyl (C=O) groups excluding carboxylic acids is 1. The van der Waals surface area contributed by atoms with Gasteiger partial charge in [-0.1, -0.05) is 25.0 Å². The molecule has 26 heavy (non-hydrogen) atoms. The van der Waals surface area contributed by atoms with Crippen LogP contribution in [0.15, 0.2) is 29.8 Å². The Balaban J connectivity index is 1.87. The maximum atomic E-state index is 14.3. The third kappa shape index (κ3) is 3.64. The number of benzene rings is 2. The predicted molar refractivity (Wildman–Crippen MR) is 88.9 cm³/mol. The van der Waals surface area contributed by atoms with E-state index in [-0.39, 0.29) is 5.56 Å². The van der Waals surface area contributed by atoms with Crippen LogP contribution in [-0.2, 0) is 6.42 Å². The minimum absolute atomic E-state index is 0.332. The fourth-order valence-corrected chi connectivity index (χ4v) is 3.00. The van der Waals surface area contributed by atoms with Gasteiger partial charge in [-0.15, -0.1) is 0 Å². The summed E-state index contributed by atoms with van der Waals surface area (Å²) in [7, 11) is 0. The topological polar surface area (TPSA) is 26.3 Å². The van der Waals surface area contributed by atoms with Crippen LogP contribution in [0.5, 0.6) is 5.75 Å². The van der Waals surface area contributed by atoms with Crippen molar-refractivity contribution in [2.24, 2.45) is 0 Å². The Morgan fingerprint density at radius 2 is 1.69 bits per heavy atom. The van der Waals surface area contributed by atoms with Gasteiger partial charge in [0, 0.05) is 12.1 Å². The molecule has 0 aliphatic heterocycles. The summed E-state index contributed by atoms with van der Waals surface area (Å²) < 4.78 is 58.5. The number of allylic oxidation sites excluding steroid dienone is 1. The summed E-state index contributed by atoms with van der Waals surface area (Å²) in [5.74, 6) is -7.07. The molecule has 0 bridgehead atoms. The minimum atomic E-state index is -1.67. The van der Waals surface area contributed by atoms with Crippen molar-refractivity contribution in [3.05, 3.63) is 69.8 Å². The summed E-state index contributed by atoms with van der Waals surface area (Å²) in [6.45, 7) is 2.07. The normalized spacial score (nSPS) is 13.2. The largest absolute Gasteiger partial charge is 0.423 e. The van der Waals surface area contributed by atoms with Crippen molar-refractivity contribution in [3.8, 4) is 5.75 Å². The predicted octanol–water partition coefficient (Wildman–Crippen LogP) is 5.59. The van der Waals surface area contributed by atoms with Crippen molar-refractivity contribution in [2.45, 2.75) is 32.6 Å². The van der Waals surface area contributed by atoms with Gasteiger partial charge < -0.3 is 4.74 Å². The molecule has 0 aromatic heterocycles. The van der Waals surface area contributed by atoms with Gasteiger partial charge in [-0.05, 0) is 42.5 Å². The summed E-state index contributed by atoms with van der Waals surface area (Å²) in [6.07, 6.45) is 5.35. The lowest BCUT2D eigenvalue weighted by Gasteiger charge is -2.17. The third-order valence-corrected chi connectivity index (χ3v) is 4.26. The Labute approximate surface area is 148 Å². The Kier molecular flexibility index (Phi) is 5.11. The van der Waals surface area contributed by atoms with Gasteiger partial charge in [0.05, 0.1) is 5.56 Å². The van der Waals surface area contributed by atoms with Crippen molar-refractivity contribution >= 4 is 12.0 Å². The van der Waals surface area contributed by atoms with Gasteiger partial charge in [-0.3, -0.25) is 0 Å². The number of carbonyl (C=O) groups is 1. The average Bonchev–Trinajstić information content (AvgIpc) is 2.59. The van der Waals surface area contributed by atoms with Crippen LogP contribution in [0.2, 0.25) is 0 Å². The molecule has 0 unspecified atom stereocenters. The number of halogens is 4. The molecule has 0 radical (unpaired) electrons. The quantitative estimate of drug-likeness (QED) is 0.306. The van der Waals surface area contributed by atoms with Crippen molar-refractivity contribution < 1.29 is 27.1 Å². The molecule has 0 saturated carbocycles. The van der Waals surface area contributed by atoms with Gasteiger partial charge in [0.15, 0.2) is 17.5 Å². The van der Waals surface area contributed by atoms with Gasteiger partial charge >= 0.3 is 5.97 Å². The van der Waals surface area contributed by atoms with Crippen LogP contribution in [0.3, 0.4) is 0 Å². The lowest BCUT2D eigenvalue weighted by molar-refractivity contribution is 0.0728. The molecule has 6 heteroatoms. The molecule has 2 aromatic carbocycles. The number of hydrogen-bond donors (Lipinski definition) is 0. The van der Waals surface area contributed by atoms with Gasteiger partial charge in [0.2, 0.25) is 0 Å². The Morgan fingerprint density at radius 3 is 2.35 bits per heavy atom. The molecular formula is C20H16F4O2. The smallest absolute Gasteiger partial charge is 0.346 e. The van der Waals surface area contributed by atoms with Crippen molar-refractivity contribution in [2.75, 3.05) is 0 Å². The number of rotatable bonds is 4. The summed E-state index contributed by atoms with van der Waals surface area (Å²) in [5, 5.41) is 0. The zero-order chi connectivity index (χ0) is 18.8. The molecule has 2 aromatic rings. The van der Waals surface area contributed by atoms with E-state index in [2.05, 4.69) is 6.92 Å². The molecule has 3 rings (SSSR count). The second-order valence-corrected chi connectivity index (χ2v) is 6.17. The van der Waals surface area contributed by atoms with Crippen LogP contribution in [0.25, 0.3) is 6.08 Å². The summed E-state index contributed by atoms with van der Waals surface area (Å²) in [5.41, 5.74) is 2.41. The molecule has 0 atom stereocenters. The summed E-state index contributed by atoms with van der Waals surface area (Å²) in [6, 6.07) is 3.72. The average molecular weight is 364 g/mol. The van der Waals surface area contributed by atoms with Crippen LogP contribution in [0.4, 0.5) is 17.6 Å². The molecule has 1 aliphatic carbocycles. The number of aryl methyl sites for hydroxylation is 1. The zero-order valence-electron chi connectivity index (χ0n) is 14.0. The molecule has 0 N–H and O–H groups in total. The standard InChI is InChI=1S/C20H16F4O2/c1-2-3-11-4-5-12-7-15(16(21)8-13(12)6-11)20(25)26-14-9-17(22)19(24)18(23)10-14/h6-10H,2-5H2,1H3. The first kappa shape index (κ1) is 18.2. The number of ether oxygens (including phenoxy) is 1. The Morgan fingerprint density at radius 1 is 1.00 bits per heavy atom. The fourth-order valence-electron chi connectivity index (χ4n) is 3.00. The molecule has 136 valence electrons. The summed E-state index contributed by atoms with van der Waals surface area (Å²) >= 11 is 0. The first-order valence-electron chi connectivity index (χ1n) is 8.27. The van der Waals surface area contributed by atoms with Crippen LogP contribution in [-0.4, -0.2) is 5.97 Å². The van der Waals surface area contributed by atoms with E-state index in [1.165, 1.54) is 17.7 Å². The van der Waals surface area contributed by atoms with Gasteiger partial charge in [0.1, 0.15) is 11.6 Å². The Bertz CT molecular complexity index is 880. The number of hydrogen-bond acceptors (Lipinski definition) is 2. The van der Waals surface area contributed by atoms with Crippen molar-refractivity contribution in [1.29, 1.82) is 0 Å². The second-order valence-electron chi connectivity index (χ2n) is 6.17.